The van der Waals surface area contributed by atoms with Crippen LogP contribution >= 0.6 is 39.0 Å². The minimum atomic E-state index is -0.756. The highest BCUT2D eigenvalue weighted by atomic mass is 79.9. The normalized spacial score (nSPS) is 19.8. The van der Waals surface area contributed by atoms with Crippen LogP contribution in [0.1, 0.15) is 16.4 Å². The van der Waals surface area contributed by atoms with E-state index in [1.807, 2.05) is 30.3 Å². The Hall–Kier alpha value is -3.67. The molecule has 3 aromatic carbocycles. The summed E-state index contributed by atoms with van der Waals surface area (Å²) >= 11 is 5.61. The molecule has 2 aliphatic rings. The number of thioether (sulfide) groups is 1. The summed E-state index contributed by atoms with van der Waals surface area (Å²) < 4.78 is 7.56. The lowest BCUT2D eigenvalue weighted by molar-refractivity contribution is -0.122. The van der Waals surface area contributed by atoms with Crippen LogP contribution in [0.3, 0.4) is 0 Å². The molecule has 1 N–H and O–H groups in total. The zero-order chi connectivity index (χ0) is 28.0. The summed E-state index contributed by atoms with van der Waals surface area (Å²) in [5.74, 6) is -1.62. The fourth-order valence-electron chi connectivity index (χ4n) is 5.14. The van der Waals surface area contributed by atoms with E-state index in [2.05, 4.69) is 21.2 Å². The molecular formula is C29H22BrN3O5S2. The molecular weight excluding hydrogens is 614 g/mol. The van der Waals surface area contributed by atoms with Gasteiger partial charge in [-0.05, 0) is 54.1 Å². The molecule has 8 nitrogen and oxygen atoms in total. The second kappa shape index (κ2) is 10.7. The summed E-state index contributed by atoms with van der Waals surface area (Å²) in [7, 11) is 1.57. The molecule has 1 saturated heterocycles. The number of para-hydroxylation sites is 1. The molecule has 40 heavy (non-hydrogen) atoms. The minimum absolute atomic E-state index is 0.210. The molecule has 0 saturated carbocycles. The number of thiazole rings is 1. The molecule has 0 bridgehead atoms. The molecule has 1 fully saturated rings. The number of carbonyl (C=O) groups excluding carboxylic acids is 3. The smallest absolute Gasteiger partial charge is 0.308 e. The van der Waals surface area contributed by atoms with Gasteiger partial charge >= 0.3 is 4.87 Å². The highest BCUT2D eigenvalue weighted by Crippen LogP contribution is 2.54. The monoisotopic (exact) mass is 635 g/mol. The fourth-order valence-corrected chi connectivity index (χ4v) is 8.17. The number of hydrogen-bond donors (Lipinski definition) is 1. The van der Waals surface area contributed by atoms with Gasteiger partial charge in [-0.3, -0.25) is 23.7 Å². The lowest BCUT2D eigenvalue weighted by atomic mass is 9.83. The van der Waals surface area contributed by atoms with Gasteiger partial charge in [-0.25, -0.2) is 4.90 Å². The number of halogens is 1. The second-order valence-electron chi connectivity index (χ2n) is 9.34. The molecule has 202 valence electrons. The quantitative estimate of drug-likeness (QED) is 0.296. The van der Waals surface area contributed by atoms with Gasteiger partial charge < -0.3 is 10.1 Å². The van der Waals surface area contributed by atoms with Crippen LogP contribution in [0, 0.1) is 5.92 Å². The molecule has 3 amide bonds. The number of imide groups is 1. The van der Waals surface area contributed by atoms with Crippen molar-refractivity contribution in [2.45, 2.75) is 22.7 Å². The van der Waals surface area contributed by atoms with Gasteiger partial charge in [0.05, 0.1) is 23.7 Å². The van der Waals surface area contributed by atoms with Gasteiger partial charge in [-0.1, -0.05) is 69.4 Å². The van der Waals surface area contributed by atoms with E-state index in [9.17, 15) is 19.2 Å². The van der Waals surface area contributed by atoms with Gasteiger partial charge in [0.2, 0.25) is 17.7 Å². The van der Waals surface area contributed by atoms with E-state index in [1.54, 1.807) is 55.6 Å². The Kier molecular flexibility index (Phi) is 7.11. The van der Waals surface area contributed by atoms with Crippen LogP contribution in [0.4, 0.5) is 11.4 Å². The predicted molar refractivity (Wildman–Crippen MR) is 158 cm³/mol. The highest BCUT2D eigenvalue weighted by molar-refractivity contribution is 9.10. The summed E-state index contributed by atoms with van der Waals surface area (Å²) in [6.07, 6.45) is 0. The predicted octanol–water partition coefficient (Wildman–Crippen LogP) is 5.12. The molecule has 0 spiro atoms. The van der Waals surface area contributed by atoms with E-state index < -0.39 is 17.1 Å². The average molecular weight is 637 g/mol. The third kappa shape index (κ3) is 4.67. The molecule has 0 radical (unpaired) electrons. The number of hydrogen-bond acceptors (Lipinski definition) is 7. The van der Waals surface area contributed by atoms with Crippen LogP contribution in [0.5, 0.6) is 5.75 Å². The SMILES string of the molecule is COc1ccc(C2c3sc(=O)n(CC(=O)Nc4ccccc4)c3SC3C(=O)N(c4ccc(Br)cc4)C(=O)C32)cc1. The number of amides is 3. The van der Waals surface area contributed by atoms with Crippen LogP contribution in [-0.2, 0) is 20.9 Å². The van der Waals surface area contributed by atoms with Crippen molar-refractivity contribution in [2.75, 3.05) is 17.3 Å². The van der Waals surface area contributed by atoms with E-state index in [0.29, 0.717) is 27.0 Å². The van der Waals surface area contributed by atoms with E-state index in [-0.39, 0.29) is 29.1 Å². The number of nitrogens with zero attached hydrogens (tertiary/aromatic N) is 2. The lowest BCUT2D eigenvalue weighted by Gasteiger charge is -2.30. The Bertz CT molecular complexity index is 1670. The lowest BCUT2D eigenvalue weighted by Crippen LogP contribution is -2.33. The zero-order valence-electron chi connectivity index (χ0n) is 21.1. The number of rotatable bonds is 6. The van der Waals surface area contributed by atoms with Crippen LogP contribution < -0.4 is 19.8 Å². The minimum Gasteiger partial charge on any atom is -0.497 e. The molecule has 3 heterocycles. The van der Waals surface area contributed by atoms with Gasteiger partial charge in [0.1, 0.15) is 17.5 Å². The molecule has 4 aromatic rings. The number of fused-ring (bicyclic) bond motifs is 2. The average Bonchev–Trinajstić information content (AvgIpc) is 3.40. The third-order valence-corrected chi connectivity index (χ3v) is 10.1. The molecule has 11 heteroatoms. The Morgan fingerprint density at radius 3 is 2.33 bits per heavy atom. The first-order chi connectivity index (χ1) is 19.4. The number of carbonyl (C=O) groups is 3. The van der Waals surface area contributed by atoms with Gasteiger partial charge in [0.25, 0.3) is 0 Å². The van der Waals surface area contributed by atoms with E-state index in [4.69, 9.17) is 4.74 Å². The van der Waals surface area contributed by atoms with Gasteiger partial charge in [-0.15, -0.1) is 0 Å². The van der Waals surface area contributed by atoms with E-state index >= 15 is 0 Å². The summed E-state index contributed by atoms with van der Waals surface area (Å²) in [5, 5.41) is 2.60. The number of nitrogens with one attached hydrogen (secondary N) is 1. The first-order valence-electron chi connectivity index (χ1n) is 12.4. The highest BCUT2D eigenvalue weighted by Gasteiger charge is 2.56. The Balaban J connectivity index is 1.42. The maximum Gasteiger partial charge on any atom is 0.308 e. The summed E-state index contributed by atoms with van der Waals surface area (Å²) in [4.78, 5) is 55.5. The van der Waals surface area contributed by atoms with Crippen molar-refractivity contribution in [1.29, 1.82) is 0 Å². The molecule has 2 aliphatic heterocycles. The first-order valence-corrected chi connectivity index (χ1v) is 14.9. The number of anilines is 2. The number of ether oxygens (including phenoxy) is 1. The number of methoxy groups -OCH3 is 1. The molecule has 3 unspecified atom stereocenters. The van der Waals surface area contributed by atoms with Crippen molar-refractivity contribution < 1.29 is 19.1 Å². The van der Waals surface area contributed by atoms with Crippen molar-refractivity contribution in [3.05, 3.63) is 103 Å². The van der Waals surface area contributed by atoms with Crippen molar-refractivity contribution in [3.63, 3.8) is 0 Å². The van der Waals surface area contributed by atoms with Crippen molar-refractivity contribution in [3.8, 4) is 5.75 Å². The standard InChI is InChI=1S/C29H22BrN3O5S2/c1-38-20-13-7-16(8-14-20)22-23-24(27(36)33(26(23)35)19-11-9-17(30)10-12-19)39-28-25(22)40-29(37)32(28)15-21(34)31-18-5-3-2-4-6-18/h2-14,22-24H,15H2,1H3,(H,31,34). The Morgan fingerprint density at radius 1 is 0.950 bits per heavy atom. The fraction of sp³-hybridized carbons (Fsp3) is 0.172. The maximum atomic E-state index is 13.9. The Morgan fingerprint density at radius 2 is 1.65 bits per heavy atom. The van der Waals surface area contributed by atoms with Gasteiger partial charge in [0, 0.05) is 21.0 Å². The second-order valence-corrected chi connectivity index (χ2v) is 12.4. The number of benzene rings is 3. The first kappa shape index (κ1) is 26.5. The Labute approximate surface area is 246 Å². The molecule has 3 atom stereocenters. The van der Waals surface area contributed by atoms with Crippen LogP contribution in [0.15, 0.2) is 93.2 Å². The maximum absolute atomic E-state index is 13.9. The van der Waals surface area contributed by atoms with E-state index in [0.717, 1.165) is 21.4 Å². The molecule has 6 rings (SSSR count). The van der Waals surface area contributed by atoms with Crippen molar-refractivity contribution >= 4 is 68.1 Å². The van der Waals surface area contributed by atoms with E-state index in [1.165, 1.54) is 21.2 Å². The van der Waals surface area contributed by atoms with Crippen LogP contribution in [-0.4, -0.2) is 34.6 Å². The topological polar surface area (TPSA) is 97.7 Å². The summed E-state index contributed by atoms with van der Waals surface area (Å²) in [6.45, 7) is -0.210. The largest absolute Gasteiger partial charge is 0.497 e. The molecule has 1 aromatic heterocycles. The number of aromatic nitrogens is 1. The van der Waals surface area contributed by atoms with Crippen LogP contribution in [0.2, 0.25) is 0 Å². The van der Waals surface area contributed by atoms with Crippen LogP contribution in [0.25, 0.3) is 0 Å². The summed E-state index contributed by atoms with van der Waals surface area (Å²) in [5.41, 5.74) is 1.90. The van der Waals surface area contributed by atoms with Crippen molar-refractivity contribution in [1.82, 2.24) is 4.57 Å². The summed E-state index contributed by atoms with van der Waals surface area (Å²) in [6, 6.07) is 23.3. The zero-order valence-corrected chi connectivity index (χ0v) is 24.3. The third-order valence-electron chi connectivity index (χ3n) is 6.97. The van der Waals surface area contributed by atoms with Gasteiger partial charge in [-0.2, -0.15) is 0 Å². The van der Waals surface area contributed by atoms with Gasteiger partial charge in [0.15, 0.2) is 0 Å². The molecule has 0 aliphatic carbocycles. The van der Waals surface area contributed by atoms with Crippen molar-refractivity contribution in [2.24, 2.45) is 5.92 Å².